The lowest BCUT2D eigenvalue weighted by Gasteiger charge is -2.12. The van der Waals surface area contributed by atoms with E-state index in [1.165, 1.54) is 27.8 Å². The van der Waals surface area contributed by atoms with Crippen molar-refractivity contribution in [2.45, 2.75) is 47.5 Å². The summed E-state index contributed by atoms with van der Waals surface area (Å²) in [6, 6.07) is 4.46. The van der Waals surface area contributed by atoms with Gasteiger partial charge in [0.15, 0.2) is 0 Å². The summed E-state index contributed by atoms with van der Waals surface area (Å²) in [5, 5.41) is 0. The van der Waals surface area contributed by atoms with Gasteiger partial charge in [-0.3, -0.25) is 4.99 Å². The predicted octanol–water partition coefficient (Wildman–Crippen LogP) is 5.48. The molecule has 110 valence electrons. The number of terminal acetylenes is 1. The van der Waals surface area contributed by atoms with Crippen LogP contribution in [0.4, 0.5) is 5.69 Å². The molecule has 0 saturated heterocycles. The molecule has 0 aliphatic carbocycles. The maximum absolute atomic E-state index is 5.33. The van der Waals surface area contributed by atoms with E-state index in [-0.39, 0.29) is 0 Å². The fraction of sp³-hybridized carbons (Fsp3) is 0.350. The highest BCUT2D eigenvalue weighted by atomic mass is 14.7. The van der Waals surface area contributed by atoms with E-state index in [9.17, 15) is 0 Å². The molecule has 1 rings (SSSR count). The van der Waals surface area contributed by atoms with Crippen LogP contribution in [0.15, 0.2) is 40.4 Å². The lowest BCUT2D eigenvalue weighted by atomic mass is 9.95. The van der Waals surface area contributed by atoms with Gasteiger partial charge in [-0.1, -0.05) is 29.9 Å². The Hall–Kier alpha value is -2.07. The standard InChI is InChI=1S/C20H25N/c1-7-10-11-15(4)19(8-2)14-18-12-16(5)20(21-9-3)17(6)13-18/h1,8-9,11-13H,10,14H2,2-6H3/b15-11-,19-8-,21-9-. The molecule has 1 nitrogen and oxygen atoms in total. The fourth-order valence-electron chi connectivity index (χ4n) is 2.51. The first-order valence-electron chi connectivity index (χ1n) is 7.38. The number of rotatable bonds is 5. The van der Waals surface area contributed by atoms with Gasteiger partial charge in [0.1, 0.15) is 0 Å². The highest BCUT2D eigenvalue weighted by Gasteiger charge is 2.06. The second-order valence-electron chi connectivity index (χ2n) is 5.25. The van der Waals surface area contributed by atoms with Crippen LogP contribution in [-0.4, -0.2) is 6.21 Å². The molecular weight excluding hydrogens is 254 g/mol. The van der Waals surface area contributed by atoms with Crippen LogP contribution in [0.25, 0.3) is 0 Å². The van der Waals surface area contributed by atoms with Crippen LogP contribution in [0.1, 0.15) is 43.9 Å². The van der Waals surface area contributed by atoms with E-state index in [1.54, 1.807) is 0 Å². The zero-order valence-corrected chi connectivity index (χ0v) is 13.8. The summed E-state index contributed by atoms with van der Waals surface area (Å²) in [6.45, 7) is 10.4. The van der Waals surface area contributed by atoms with Gasteiger partial charge < -0.3 is 0 Å². The van der Waals surface area contributed by atoms with Crippen LogP contribution in [0.2, 0.25) is 0 Å². The van der Waals surface area contributed by atoms with Crippen molar-refractivity contribution in [2.24, 2.45) is 4.99 Å². The summed E-state index contributed by atoms with van der Waals surface area (Å²) >= 11 is 0. The van der Waals surface area contributed by atoms with E-state index in [4.69, 9.17) is 6.42 Å². The predicted molar refractivity (Wildman–Crippen MR) is 94.4 cm³/mol. The minimum atomic E-state index is 0.686. The minimum absolute atomic E-state index is 0.686. The van der Waals surface area contributed by atoms with Crippen molar-refractivity contribution >= 4 is 11.9 Å². The SMILES string of the molecule is C#CC/C=C(C)\C(=C/C)Cc1cc(C)c(/N=C\C)c(C)c1. The van der Waals surface area contributed by atoms with Crippen LogP contribution >= 0.6 is 0 Å². The van der Waals surface area contributed by atoms with Gasteiger partial charge >= 0.3 is 0 Å². The van der Waals surface area contributed by atoms with E-state index in [0.717, 1.165) is 12.1 Å². The Bertz CT molecular complexity index is 599. The van der Waals surface area contributed by atoms with Crippen molar-refractivity contribution in [3.63, 3.8) is 0 Å². The molecule has 0 radical (unpaired) electrons. The van der Waals surface area contributed by atoms with E-state index in [2.05, 4.69) is 62.9 Å². The molecule has 1 aromatic rings. The molecule has 0 aliphatic heterocycles. The third-order valence-corrected chi connectivity index (χ3v) is 3.58. The first-order valence-corrected chi connectivity index (χ1v) is 7.38. The average Bonchev–Trinajstić information content (AvgIpc) is 2.46. The number of hydrogen-bond donors (Lipinski definition) is 0. The Balaban J connectivity index is 3.06. The number of aliphatic imine (C=N–C) groups is 1. The van der Waals surface area contributed by atoms with Gasteiger partial charge in [-0.05, 0) is 63.3 Å². The molecule has 21 heavy (non-hydrogen) atoms. The van der Waals surface area contributed by atoms with Crippen LogP contribution in [0.3, 0.4) is 0 Å². The Kier molecular flexibility index (Phi) is 6.69. The lowest BCUT2D eigenvalue weighted by molar-refractivity contribution is 1.11. The van der Waals surface area contributed by atoms with Gasteiger partial charge in [0, 0.05) is 12.6 Å². The lowest BCUT2D eigenvalue weighted by Crippen LogP contribution is -1.95. The molecule has 0 bridgehead atoms. The van der Waals surface area contributed by atoms with Gasteiger partial charge in [0.25, 0.3) is 0 Å². The molecule has 0 aromatic heterocycles. The van der Waals surface area contributed by atoms with E-state index >= 15 is 0 Å². The number of benzene rings is 1. The molecule has 0 saturated carbocycles. The Morgan fingerprint density at radius 3 is 2.33 bits per heavy atom. The van der Waals surface area contributed by atoms with Crippen LogP contribution in [0.5, 0.6) is 0 Å². The summed E-state index contributed by atoms with van der Waals surface area (Å²) in [6.07, 6.45) is 13.1. The molecule has 0 heterocycles. The maximum atomic E-state index is 5.33. The van der Waals surface area contributed by atoms with Crippen molar-refractivity contribution in [3.05, 3.63) is 52.1 Å². The molecule has 0 atom stereocenters. The van der Waals surface area contributed by atoms with Crippen LogP contribution in [0, 0.1) is 26.2 Å². The van der Waals surface area contributed by atoms with E-state index < -0.39 is 0 Å². The molecular formula is C20H25N. The third-order valence-electron chi connectivity index (χ3n) is 3.58. The highest BCUT2D eigenvalue weighted by molar-refractivity contribution is 5.65. The molecule has 1 heteroatoms. The number of hydrogen-bond acceptors (Lipinski definition) is 1. The molecule has 1 aromatic carbocycles. The molecule has 0 N–H and O–H groups in total. The summed E-state index contributed by atoms with van der Waals surface area (Å²) in [4.78, 5) is 4.45. The summed E-state index contributed by atoms with van der Waals surface area (Å²) < 4.78 is 0. The normalized spacial score (nSPS) is 12.8. The third kappa shape index (κ3) is 4.76. The first kappa shape index (κ1) is 17.0. The topological polar surface area (TPSA) is 12.4 Å². The van der Waals surface area contributed by atoms with Crippen molar-refractivity contribution < 1.29 is 0 Å². The van der Waals surface area contributed by atoms with E-state index in [0.29, 0.717) is 6.42 Å². The number of allylic oxidation sites excluding steroid dienone is 4. The number of nitrogens with zero attached hydrogens (tertiary/aromatic N) is 1. The molecule has 0 aliphatic rings. The fourth-order valence-corrected chi connectivity index (χ4v) is 2.51. The quantitative estimate of drug-likeness (QED) is 0.384. The van der Waals surface area contributed by atoms with E-state index in [1.807, 2.05) is 13.1 Å². The minimum Gasteiger partial charge on any atom is -0.261 e. The van der Waals surface area contributed by atoms with Crippen LogP contribution in [-0.2, 0) is 6.42 Å². The Morgan fingerprint density at radius 1 is 1.24 bits per heavy atom. The Labute approximate surface area is 129 Å². The molecule has 0 fully saturated rings. The molecule has 0 unspecified atom stereocenters. The second kappa shape index (κ2) is 8.27. The van der Waals surface area contributed by atoms with Crippen molar-refractivity contribution in [2.75, 3.05) is 0 Å². The van der Waals surface area contributed by atoms with Crippen molar-refractivity contribution in [3.8, 4) is 12.3 Å². The number of aryl methyl sites for hydroxylation is 2. The molecule has 0 spiro atoms. The summed E-state index contributed by atoms with van der Waals surface area (Å²) in [7, 11) is 0. The second-order valence-corrected chi connectivity index (χ2v) is 5.25. The first-order chi connectivity index (χ1) is 10.0. The van der Waals surface area contributed by atoms with Gasteiger partial charge in [0.2, 0.25) is 0 Å². The highest BCUT2D eigenvalue weighted by Crippen LogP contribution is 2.27. The smallest absolute Gasteiger partial charge is 0.0684 e. The maximum Gasteiger partial charge on any atom is 0.0684 e. The largest absolute Gasteiger partial charge is 0.261 e. The van der Waals surface area contributed by atoms with Gasteiger partial charge in [-0.15, -0.1) is 12.3 Å². The zero-order valence-electron chi connectivity index (χ0n) is 13.8. The monoisotopic (exact) mass is 279 g/mol. The van der Waals surface area contributed by atoms with Crippen LogP contribution < -0.4 is 0 Å². The van der Waals surface area contributed by atoms with Gasteiger partial charge in [-0.25, -0.2) is 0 Å². The Morgan fingerprint density at radius 2 is 1.86 bits per heavy atom. The van der Waals surface area contributed by atoms with Crippen molar-refractivity contribution in [1.29, 1.82) is 0 Å². The summed E-state index contributed by atoms with van der Waals surface area (Å²) in [5.41, 5.74) is 7.45. The van der Waals surface area contributed by atoms with Gasteiger partial charge in [0.05, 0.1) is 5.69 Å². The zero-order chi connectivity index (χ0) is 15.8. The van der Waals surface area contributed by atoms with Gasteiger partial charge in [-0.2, -0.15) is 0 Å². The summed E-state index contributed by atoms with van der Waals surface area (Å²) in [5.74, 6) is 2.66. The molecule has 0 amide bonds. The van der Waals surface area contributed by atoms with Crippen molar-refractivity contribution in [1.82, 2.24) is 0 Å². The average molecular weight is 279 g/mol.